The van der Waals surface area contributed by atoms with Crippen LogP contribution < -0.4 is 0 Å². The first-order chi connectivity index (χ1) is 48.7. The maximum Gasteiger partial charge on any atom is 0.472 e. The Morgan fingerprint density at radius 3 is 0.900 bits per heavy atom. The summed E-state index contributed by atoms with van der Waals surface area (Å²) in [5.74, 6) is -2.34. The molecule has 0 aromatic heterocycles. The first-order valence-corrected chi connectivity index (χ1v) is 40.7. The molecule has 568 valence electrons. The summed E-state index contributed by atoms with van der Waals surface area (Å²) in [5.41, 5.74) is 0. The van der Waals surface area contributed by atoms with Crippen LogP contribution in [-0.4, -0.2) is 96.7 Å². The maximum atomic E-state index is 13.1. The van der Waals surface area contributed by atoms with Gasteiger partial charge in [0.1, 0.15) is 19.3 Å². The Morgan fingerprint density at radius 2 is 0.550 bits per heavy atom. The van der Waals surface area contributed by atoms with Crippen LogP contribution in [0.2, 0.25) is 0 Å². The van der Waals surface area contributed by atoms with E-state index in [4.69, 9.17) is 37.0 Å². The zero-order valence-corrected chi connectivity index (χ0v) is 63.6. The molecule has 3 N–H and O–H groups in total. The molecule has 0 aromatic rings. The molecule has 0 aromatic carbocycles. The fraction of sp³-hybridized carbons (Fsp3) is 0.630. The van der Waals surface area contributed by atoms with E-state index in [9.17, 15) is 43.2 Å². The number of phosphoric acid groups is 2. The smallest absolute Gasteiger partial charge is 0.462 e. The van der Waals surface area contributed by atoms with Crippen molar-refractivity contribution in [1.82, 2.24) is 0 Å². The van der Waals surface area contributed by atoms with Gasteiger partial charge >= 0.3 is 39.5 Å². The van der Waals surface area contributed by atoms with Gasteiger partial charge in [0.05, 0.1) is 26.4 Å². The van der Waals surface area contributed by atoms with Crippen molar-refractivity contribution in [1.29, 1.82) is 0 Å². The number of unbranched alkanes of at least 4 members (excludes halogenated alkanes) is 17. The lowest BCUT2D eigenvalue weighted by molar-refractivity contribution is -0.161. The van der Waals surface area contributed by atoms with Crippen molar-refractivity contribution in [3.8, 4) is 0 Å². The zero-order valence-electron chi connectivity index (χ0n) is 61.8. The standard InChI is InChI=1S/C81H132O17P2/c1-5-9-13-17-21-25-29-33-36-37-40-43-46-50-54-58-62-66-79(84)92-72-77(98-81(86)68-64-60-56-52-48-44-39-35-31-27-23-19-15-11-7-3)74-96-100(89,90)94-70-75(82)69-93-99(87,88)95-73-76(97-80(85)67-63-59-55-51-47-41-32-28-24-20-16-12-8-4)71-91-78(83)65-61-57-53-49-45-42-38-34-30-26-22-18-14-10-6-2/h9,11,13,15-16,20-23,25-28,32-36,38-40,43,48,50,52,54,75-77,82H,5-8,10,12,14,17-19,24,29-31,37,41-42,44-47,49,51,53,55-74H2,1-4H3,(H,87,88)(H,89,90)/b13-9-,15-11-,20-16-,25-21-,26-22-,27-23-,32-28-,36-33-,38-34-,39-35-,43-40-,52-48-,54-50-. The van der Waals surface area contributed by atoms with Gasteiger partial charge < -0.3 is 33.8 Å². The first-order valence-electron chi connectivity index (χ1n) is 37.7. The molecule has 0 saturated carbocycles. The molecular weight excluding hydrogens is 1310 g/mol. The number of hydrogen-bond acceptors (Lipinski definition) is 15. The molecule has 0 heterocycles. The largest absolute Gasteiger partial charge is 0.472 e. The Kier molecular flexibility index (Phi) is 68.2. The fourth-order valence-electron chi connectivity index (χ4n) is 9.25. The van der Waals surface area contributed by atoms with Crippen LogP contribution in [0.1, 0.15) is 272 Å². The summed E-state index contributed by atoms with van der Waals surface area (Å²) in [6, 6.07) is 0. The van der Waals surface area contributed by atoms with Gasteiger partial charge in [-0.25, -0.2) is 9.13 Å². The minimum Gasteiger partial charge on any atom is -0.462 e. The van der Waals surface area contributed by atoms with Crippen molar-refractivity contribution >= 4 is 39.5 Å². The van der Waals surface area contributed by atoms with Gasteiger partial charge in [0.2, 0.25) is 0 Å². The number of esters is 4. The molecule has 0 aliphatic rings. The summed E-state index contributed by atoms with van der Waals surface area (Å²) in [5, 5.41) is 10.6. The molecule has 19 heteroatoms. The van der Waals surface area contributed by atoms with E-state index >= 15 is 0 Å². The molecule has 0 spiro atoms. The number of allylic oxidation sites excluding steroid dienone is 26. The van der Waals surface area contributed by atoms with Gasteiger partial charge in [-0.05, 0) is 161 Å². The van der Waals surface area contributed by atoms with Crippen LogP contribution in [0.15, 0.2) is 158 Å². The predicted molar refractivity (Wildman–Crippen MR) is 408 cm³/mol. The molecule has 0 aliphatic heterocycles. The van der Waals surface area contributed by atoms with Crippen molar-refractivity contribution < 1.29 is 80.2 Å². The van der Waals surface area contributed by atoms with Crippen LogP contribution >= 0.6 is 15.6 Å². The number of aliphatic hydroxyl groups is 1. The third-order valence-corrected chi connectivity index (χ3v) is 16.8. The highest BCUT2D eigenvalue weighted by atomic mass is 31.2. The van der Waals surface area contributed by atoms with Crippen LogP contribution in [0.3, 0.4) is 0 Å². The second-order valence-electron chi connectivity index (χ2n) is 24.5. The van der Waals surface area contributed by atoms with Crippen LogP contribution in [0.4, 0.5) is 0 Å². The molecule has 100 heavy (non-hydrogen) atoms. The van der Waals surface area contributed by atoms with Crippen molar-refractivity contribution in [3.05, 3.63) is 158 Å². The molecule has 5 unspecified atom stereocenters. The normalized spacial score (nSPS) is 14.8. The predicted octanol–water partition coefficient (Wildman–Crippen LogP) is 21.7. The summed E-state index contributed by atoms with van der Waals surface area (Å²) >= 11 is 0. The minimum absolute atomic E-state index is 0.0243. The quantitative estimate of drug-likeness (QED) is 0.0169. The van der Waals surface area contributed by atoms with Crippen LogP contribution in [0.5, 0.6) is 0 Å². The Bertz CT molecular complexity index is 2520. The lowest BCUT2D eigenvalue weighted by atomic mass is 10.1. The second-order valence-corrected chi connectivity index (χ2v) is 27.4. The van der Waals surface area contributed by atoms with Crippen molar-refractivity contribution in [2.24, 2.45) is 0 Å². The van der Waals surface area contributed by atoms with Gasteiger partial charge in [-0.15, -0.1) is 0 Å². The van der Waals surface area contributed by atoms with Gasteiger partial charge in [0, 0.05) is 25.7 Å². The highest BCUT2D eigenvalue weighted by molar-refractivity contribution is 7.47. The number of carbonyl (C=O) groups excluding carboxylic acids is 4. The number of hydrogen-bond donors (Lipinski definition) is 3. The first kappa shape index (κ1) is 94.7. The number of rotatable bonds is 69. The van der Waals surface area contributed by atoms with Crippen LogP contribution in [-0.2, 0) is 65.4 Å². The second kappa shape index (κ2) is 72.0. The zero-order chi connectivity index (χ0) is 73.2. The van der Waals surface area contributed by atoms with E-state index in [2.05, 4.69) is 174 Å². The maximum absolute atomic E-state index is 13.1. The lowest BCUT2D eigenvalue weighted by Gasteiger charge is -2.21. The average molecular weight is 1440 g/mol. The molecular formula is C81H132O17P2. The third-order valence-electron chi connectivity index (χ3n) is 14.9. The van der Waals surface area contributed by atoms with E-state index in [-0.39, 0.29) is 25.7 Å². The van der Waals surface area contributed by atoms with Crippen molar-refractivity contribution in [2.75, 3.05) is 39.6 Å². The Balaban J connectivity index is 5.47. The van der Waals surface area contributed by atoms with Crippen LogP contribution in [0, 0.1) is 0 Å². The molecule has 0 rings (SSSR count). The fourth-order valence-corrected chi connectivity index (χ4v) is 10.8. The Labute approximate surface area is 604 Å². The molecule has 5 atom stereocenters. The number of ether oxygens (including phenoxy) is 4. The molecule has 0 bridgehead atoms. The van der Waals surface area contributed by atoms with Gasteiger partial charge in [-0.3, -0.25) is 37.3 Å². The van der Waals surface area contributed by atoms with E-state index in [1.54, 1.807) is 0 Å². The molecule has 0 radical (unpaired) electrons. The van der Waals surface area contributed by atoms with Gasteiger partial charge in [0.15, 0.2) is 12.2 Å². The number of phosphoric ester groups is 2. The number of aliphatic hydroxyl groups excluding tert-OH is 1. The van der Waals surface area contributed by atoms with Crippen LogP contribution in [0.25, 0.3) is 0 Å². The molecule has 0 amide bonds. The van der Waals surface area contributed by atoms with Crippen molar-refractivity contribution in [3.63, 3.8) is 0 Å². The Hall–Kier alpha value is -5.32. The van der Waals surface area contributed by atoms with Gasteiger partial charge in [-0.2, -0.15) is 0 Å². The SMILES string of the molecule is CC/C=C\C/C=C\C/C=C\C/C=C\C/C=C\CCCC(=O)OCC(COP(=O)(O)OCC(O)COP(=O)(O)OCC(COC(=O)CCCCCCC/C=C\C/C=C\CCCCC)OC(=O)CCCCCCC/C=C\C/C=C\CCC)OC(=O)CCCC/C=C\C/C=C\C/C=C\C/C=C\CC. The van der Waals surface area contributed by atoms with E-state index < -0.39 is 97.5 Å². The molecule has 0 aliphatic carbocycles. The monoisotopic (exact) mass is 1440 g/mol. The van der Waals surface area contributed by atoms with E-state index in [1.807, 2.05) is 12.2 Å². The average Bonchev–Trinajstić information content (AvgIpc) is 1.06. The molecule has 0 saturated heterocycles. The van der Waals surface area contributed by atoms with Crippen molar-refractivity contribution in [2.45, 2.75) is 290 Å². The number of carbonyl (C=O) groups is 4. The molecule has 0 fully saturated rings. The van der Waals surface area contributed by atoms with Gasteiger partial charge in [-0.1, -0.05) is 243 Å². The van der Waals surface area contributed by atoms with Gasteiger partial charge in [0.25, 0.3) is 0 Å². The summed E-state index contributed by atoms with van der Waals surface area (Å²) in [6.07, 6.45) is 82.5. The highest BCUT2D eigenvalue weighted by Crippen LogP contribution is 2.45. The summed E-state index contributed by atoms with van der Waals surface area (Å²) < 4.78 is 68.3. The molecule has 17 nitrogen and oxygen atoms in total. The summed E-state index contributed by atoms with van der Waals surface area (Å²) in [7, 11) is -10.00. The minimum atomic E-state index is -5.01. The Morgan fingerprint density at radius 1 is 0.290 bits per heavy atom. The highest BCUT2D eigenvalue weighted by Gasteiger charge is 2.30. The third kappa shape index (κ3) is 71.1. The summed E-state index contributed by atoms with van der Waals surface area (Å²) in [4.78, 5) is 72.8. The van der Waals surface area contributed by atoms with E-state index in [1.165, 1.54) is 19.3 Å². The van der Waals surface area contributed by atoms with E-state index in [0.717, 1.165) is 161 Å². The topological polar surface area (TPSA) is 237 Å². The summed E-state index contributed by atoms with van der Waals surface area (Å²) in [6.45, 7) is 4.38. The van der Waals surface area contributed by atoms with E-state index in [0.29, 0.717) is 38.5 Å². The lowest BCUT2D eigenvalue weighted by Crippen LogP contribution is -2.30.